The van der Waals surface area contributed by atoms with E-state index < -0.39 is 0 Å². The number of allylic oxidation sites excluding steroid dienone is 1. The van der Waals surface area contributed by atoms with E-state index in [4.69, 9.17) is 0 Å². The van der Waals surface area contributed by atoms with E-state index in [1.165, 1.54) is 12.0 Å². The van der Waals surface area contributed by atoms with Crippen LogP contribution in [0, 0.1) is 5.92 Å². The molecule has 0 bridgehead atoms. The van der Waals surface area contributed by atoms with Gasteiger partial charge in [0, 0.05) is 25.6 Å². The Hall–Kier alpha value is -0.830. The van der Waals surface area contributed by atoms with Gasteiger partial charge in [-0.05, 0) is 38.5 Å². The van der Waals surface area contributed by atoms with Crippen molar-refractivity contribution in [2.75, 3.05) is 7.05 Å². The van der Waals surface area contributed by atoms with Gasteiger partial charge in [0.2, 0.25) is 5.91 Å². The molecule has 1 heterocycles. The monoisotopic (exact) mass is 238 g/mol. The SMILES string of the molecule is C=C(CC)CC(CCC(=O)NC)CC1NC1C. The van der Waals surface area contributed by atoms with E-state index in [0.717, 1.165) is 19.3 Å². The summed E-state index contributed by atoms with van der Waals surface area (Å²) in [5.74, 6) is 0.746. The summed E-state index contributed by atoms with van der Waals surface area (Å²) in [5.41, 5.74) is 1.31. The summed E-state index contributed by atoms with van der Waals surface area (Å²) in [6, 6.07) is 1.32. The quantitative estimate of drug-likeness (QED) is 0.503. The molecule has 3 atom stereocenters. The summed E-state index contributed by atoms with van der Waals surface area (Å²) in [6.07, 6.45) is 4.91. The van der Waals surface area contributed by atoms with Crippen LogP contribution in [0.25, 0.3) is 0 Å². The zero-order chi connectivity index (χ0) is 12.8. The predicted octanol–water partition coefficient (Wildman–Crippen LogP) is 2.24. The molecule has 1 aliphatic heterocycles. The molecule has 0 aliphatic carbocycles. The molecule has 1 aliphatic rings. The molecule has 17 heavy (non-hydrogen) atoms. The highest BCUT2D eigenvalue weighted by molar-refractivity contribution is 5.75. The fraction of sp³-hybridized carbons (Fsp3) is 0.786. The third-order valence-electron chi connectivity index (χ3n) is 3.69. The van der Waals surface area contributed by atoms with Crippen LogP contribution in [-0.2, 0) is 4.79 Å². The molecule has 3 nitrogen and oxygen atoms in total. The summed E-state index contributed by atoms with van der Waals surface area (Å²) in [4.78, 5) is 11.3. The summed E-state index contributed by atoms with van der Waals surface area (Å²) >= 11 is 0. The average Bonchev–Trinajstić information content (AvgIpc) is 3.01. The first kappa shape index (κ1) is 14.2. The lowest BCUT2D eigenvalue weighted by Crippen LogP contribution is -2.19. The van der Waals surface area contributed by atoms with Gasteiger partial charge in [-0.1, -0.05) is 19.1 Å². The highest BCUT2D eigenvalue weighted by Gasteiger charge is 2.33. The van der Waals surface area contributed by atoms with E-state index in [2.05, 4.69) is 31.1 Å². The molecule has 1 amide bonds. The summed E-state index contributed by atoms with van der Waals surface area (Å²) in [7, 11) is 1.70. The maximum absolute atomic E-state index is 11.3. The van der Waals surface area contributed by atoms with E-state index in [0.29, 0.717) is 24.4 Å². The molecule has 0 saturated carbocycles. The Morgan fingerprint density at radius 1 is 1.53 bits per heavy atom. The van der Waals surface area contributed by atoms with E-state index >= 15 is 0 Å². The van der Waals surface area contributed by atoms with Crippen LogP contribution in [0.5, 0.6) is 0 Å². The van der Waals surface area contributed by atoms with Gasteiger partial charge in [0.15, 0.2) is 0 Å². The van der Waals surface area contributed by atoms with Crippen LogP contribution in [0.4, 0.5) is 0 Å². The van der Waals surface area contributed by atoms with Gasteiger partial charge in [-0.2, -0.15) is 0 Å². The molecule has 0 aromatic carbocycles. The molecule has 3 unspecified atom stereocenters. The van der Waals surface area contributed by atoms with E-state index in [-0.39, 0.29) is 5.91 Å². The molecule has 0 radical (unpaired) electrons. The smallest absolute Gasteiger partial charge is 0.219 e. The fourth-order valence-electron chi connectivity index (χ4n) is 2.23. The van der Waals surface area contributed by atoms with Gasteiger partial charge in [-0.25, -0.2) is 0 Å². The van der Waals surface area contributed by atoms with Crippen LogP contribution in [0.2, 0.25) is 0 Å². The van der Waals surface area contributed by atoms with Crippen molar-refractivity contribution in [1.29, 1.82) is 0 Å². The molecule has 1 saturated heterocycles. The third-order valence-corrected chi connectivity index (χ3v) is 3.69. The van der Waals surface area contributed by atoms with Gasteiger partial charge in [0.05, 0.1) is 0 Å². The lowest BCUT2D eigenvalue weighted by molar-refractivity contribution is -0.120. The number of hydrogen-bond acceptors (Lipinski definition) is 2. The van der Waals surface area contributed by atoms with Gasteiger partial charge in [-0.15, -0.1) is 0 Å². The van der Waals surface area contributed by atoms with E-state index in [1.807, 2.05) is 0 Å². The van der Waals surface area contributed by atoms with Crippen molar-refractivity contribution in [2.45, 2.75) is 58.0 Å². The zero-order valence-electron chi connectivity index (χ0n) is 11.4. The van der Waals surface area contributed by atoms with Crippen molar-refractivity contribution >= 4 is 5.91 Å². The fourth-order valence-corrected chi connectivity index (χ4v) is 2.23. The Balaban J connectivity index is 2.35. The minimum atomic E-state index is 0.147. The Morgan fingerprint density at radius 3 is 2.65 bits per heavy atom. The maximum Gasteiger partial charge on any atom is 0.219 e. The second kappa shape index (κ2) is 6.80. The van der Waals surface area contributed by atoms with Crippen molar-refractivity contribution in [1.82, 2.24) is 10.6 Å². The topological polar surface area (TPSA) is 51.0 Å². The molecule has 0 aromatic rings. The normalized spacial score (nSPS) is 24.2. The zero-order valence-corrected chi connectivity index (χ0v) is 11.4. The highest BCUT2D eigenvalue weighted by Crippen LogP contribution is 2.27. The van der Waals surface area contributed by atoms with Gasteiger partial charge >= 0.3 is 0 Å². The highest BCUT2D eigenvalue weighted by atomic mass is 16.1. The Morgan fingerprint density at radius 2 is 2.18 bits per heavy atom. The summed E-state index contributed by atoms with van der Waals surface area (Å²) in [6.45, 7) is 8.45. The molecule has 2 N–H and O–H groups in total. The van der Waals surface area contributed by atoms with Gasteiger partial charge in [0.25, 0.3) is 0 Å². The van der Waals surface area contributed by atoms with Gasteiger partial charge in [-0.3, -0.25) is 4.79 Å². The number of carbonyl (C=O) groups excluding carboxylic acids is 1. The van der Waals surface area contributed by atoms with Crippen LogP contribution in [0.1, 0.15) is 46.0 Å². The molecule has 1 fully saturated rings. The maximum atomic E-state index is 11.3. The second-order valence-electron chi connectivity index (χ2n) is 5.18. The lowest BCUT2D eigenvalue weighted by atomic mass is 9.89. The van der Waals surface area contributed by atoms with Crippen molar-refractivity contribution < 1.29 is 4.79 Å². The van der Waals surface area contributed by atoms with Gasteiger partial charge in [0.1, 0.15) is 0 Å². The van der Waals surface area contributed by atoms with Crippen molar-refractivity contribution in [2.24, 2.45) is 5.92 Å². The van der Waals surface area contributed by atoms with E-state index in [1.54, 1.807) is 7.05 Å². The molecular weight excluding hydrogens is 212 g/mol. The van der Waals surface area contributed by atoms with Crippen molar-refractivity contribution in [3.8, 4) is 0 Å². The van der Waals surface area contributed by atoms with Crippen molar-refractivity contribution in [3.05, 3.63) is 12.2 Å². The summed E-state index contributed by atoms with van der Waals surface area (Å²) < 4.78 is 0. The van der Waals surface area contributed by atoms with Crippen LogP contribution >= 0.6 is 0 Å². The number of amides is 1. The van der Waals surface area contributed by atoms with Crippen LogP contribution in [-0.4, -0.2) is 25.0 Å². The summed E-state index contributed by atoms with van der Waals surface area (Å²) in [5, 5.41) is 6.11. The molecular formula is C14H26N2O. The first-order chi connectivity index (χ1) is 8.06. The number of rotatable bonds is 8. The minimum absolute atomic E-state index is 0.147. The Bertz CT molecular complexity index is 275. The van der Waals surface area contributed by atoms with Crippen LogP contribution in [0.3, 0.4) is 0 Å². The Labute approximate surface area is 105 Å². The van der Waals surface area contributed by atoms with Crippen LogP contribution < -0.4 is 10.6 Å². The predicted molar refractivity (Wildman–Crippen MR) is 71.8 cm³/mol. The van der Waals surface area contributed by atoms with Gasteiger partial charge < -0.3 is 10.6 Å². The number of carbonyl (C=O) groups is 1. The van der Waals surface area contributed by atoms with Crippen LogP contribution in [0.15, 0.2) is 12.2 Å². The lowest BCUT2D eigenvalue weighted by Gasteiger charge is -2.17. The minimum Gasteiger partial charge on any atom is -0.359 e. The molecule has 1 rings (SSSR count). The van der Waals surface area contributed by atoms with Crippen molar-refractivity contribution in [3.63, 3.8) is 0 Å². The third kappa shape index (κ3) is 5.35. The largest absolute Gasteiger partial charge is 0.359 e. The molecule has 3 heteroatoms. The number of nitrogens with one attached hydrogen (secondary N) is 2. The second-order valence-corrected chi connectivity index (χ2v) is 5.18. The van der Waals surface area contributed by atoms with E-state index in [9.17, 15) is 4.79 Å². The first-order valence-electron chi connectivity index (χ1n) is 6.70. The average molecular weight is 238 g/mol. The Kier molecular flexibility index (Phi) is 5.69. The number of hydrogen-bond donors (Lipinski definition) is 2. The molecule has 0 spiro atoms. The first-order valence-corrected chi connectivity index (χ1v) is 6.70. The molecule has 0 aromatic heterocycles. The standard InChI is InChI=1S/C14H26N2O/c1-5-10(2)8-12(6-7-14(17)15-4)9-13-11(3)16-13/h11-13,16H,2,5-9H2,1,3-4H3,(H,15,17). The molecule has 98 valence electrons.